The molecular weight excluding hydrogens is 246 g/mol. The van der Waals surface area contributed by atoms with Crippen LogP contribution in [-0.2, 0) is 4.74 Å². The number of alkyl carbamates (subject to hydrolysis) is 1. The minimum Gasteiger partial charge on any atom is -0.497 e. The van der Waals surface area contributed by atoms with E-state index >= 15 is 0 Å². The Kier molecular flexibility index (Phi) is 5.11. The van der Waals surface area contributed by atoms with Gasteiger partial charge in [0.25, 0.3) is 0 Å². The van der Waals surface area contributed by atoms with Crippen LogP contribution in [0, 0.1) is 0 Å². The standard InChI is InChI=1S/C13H21N3O3/c1-13(2,3)19-12(17)16-8-10(14)11-7-9(18-4)5-6-15-11/h5-7,10H,8,14H2,1-4H3,(H,16,17). The molecule has 0 radical (unpaired) electrons. The summed E-state index contributed by atoms with van der Waals surface area (Å²) in [5, 5.41) is 2.61. The van der Waals surface area contributed by atoms with Gasteiger partial charge in [0.1, 0.15) is 11.4 Å². The Hall–Kier alpha value is -1.82. The molecule has 0 aliphatic carbocycles. The van der Waals surface area contributed by atoms with Crippen LogP contribution in [0.5, 0.6) is 5.75 Å². The zero-order valence-corrected chi connectivity index (χ0v) is 11.8. The number of hydrogen-bond acceptors (Lipinski definition) is 5. The molecule has 0 aromatic carbocycles. The molecule has 3 N–H and O–H groups in total. The molecule has 0 aliphatic rings. The van der Waals surface area contributed by atoms with E-state index in [4.69, 9.17) is 15.2 Å². The number of methoxy groups -OCH3 is 1. The number of rotatable bonds is 4. The summed E-state index contributed by atoms with van der Waals surface area (Å²) in [7, 11) is 1.57. The Labute approximate surface area is 113 Å². The molecule has 1 unspecified atom stereocenters. The minimum absolute atomic E-state index is 0.245. The van der Waals surface area contributed by atoms with E-state index in [1.54, 1.807) is 46.2 Å². The number of nitrogens with one attached hydrogen (secondary N) is 1. The maximum Gasteiger partial charge on any atom is 0.407 e. The maximum atomic E-state index is 11.5. The third-order valence-corrected chi connectivity index (χ3v) is 2.23. The first-order valence-electron chi connectivity index (χ1n) is 6.04. The monoisotopic (exact) mass is 267 g/mol. The number of amides is 1. The van der Waals surface area contributed by atoms with Gasteiger partial charge in [0.05, 0.1) is 18.8 Å². The van der Waals surface area contributed by atoms with Crippen molar-refractivity contribution in [3.8, 4) is 5.75 Å². The Morgan fingerprint density at radius 2 is 2.21 bits per heavy atom. The summed E-state index contributed by atoms with van der Waals surface area (Å²) in [4.78, 5) is 15.6. The summed E-state index contributed by atoms with van der Waals surface area (Å²) in [6.45, 7) is 5.65. The molecule has 0 spiro atoms. The molecule has 0 fully saturated rings. The molecule has 0 aliphatic heterocycles. The second-order valence-corrected chi connectivity index (χ2v) is 5.11. The summed E-state index contributed by atoms with van der Waals surface area (Å²) >= 11 is 0. The number of nitrogens with two attached hydrogens (primary N) is 1. The Bertz CT molecular complexity index is 429. The highest BCUT2D eigenvalue weighted by atomic mass is 16.6. The molecule has 106 valence electrons. The molecule has 1 aromatic rings. The first kappa shape index (κ1) is 15.2. The summed E-state index contributed by atoms with van der Waals surface area (Å²) in [5.74, 6) is 0.678. The molecule has 6 nitrogen and oxygen atoms in total. The van der Waals surface area contributed by atoms with E-state index in [-0.39, 0.29) is 6.54 Å². The molecule has 1 atom stereocenters. The van der Waals surface area contributed by atoms with Crippen LogP contribution in [-0.4, -0.2) is 30.3 Å². The average Bonchev–Trinajstić information content (AvgIpc) is 2.34. The molecular formula is C13H21N3O3. The van der Waals surface area contributed by atoms with Crippen molar-refractivity contribution in [1.82, 2.24) is 10.3 Å². The fourth-order valence-corrected chi connectivity index (χ4v) is 1.37. The molecule has 0 saturated carbocycles. The molecule has 0 bridgehead atoms. The van der Waals surface area contributed by atoms with Crippen LogP contribution in [0.25, 0.3) is 0 Å². The zero-order chi connectivity index (χ0) is 14.5. The Morgan fingerprint density at radius 1 is 1.53 bits per heavy atom. The molecule has 1 aromatic heterocycles. The van der Waals surface area contributed by atoms with Crippen molar-refractivity contribution in [2.75, 3.05) is 13.7 Å². The highest BCUT2D eigenvalue weighted by Gasteiger charge is 2.17. The van der Waals surface area contributed by atoms with E-state index in [0.717, 1.165) is 0 Å². The normalized spacial score (nSPS) is 12.7. The van der Waals surface area contributed by atoms with E-state index in [2.05, 4.69) is 10.3 Å². The average molecular weight is 267 g/mol. The minimum atomic E-state index is -0.525. The van der Waals surface area contributed by atoms with Crippen LogP contribution in [0.3, 0.4) is 0 Å². The van der Waals surface area contributed by atoms with Gasteiger partial charge in [0, 0.05) is 18.8 Å². The van der Waals surface area contributed by atoms with E-state index < -0.39 is 17.7 Å². The topological polar surface area (TPSA) is 86.5 Å². The van der Waals surface area contributed by atoms with Gasteiger partial charge in [-0.1, -0.05) is 0 Å². The van der Waals surface area contributed by atoms with Crippen molar-refractivity contribution < 1.29 is 14.3 Å². The zero-order valence-electron chi connectivity index (χ0n) is 11.8. The van der Waals surface area contributed by atoms with E-state index in [1.165, 1.54) is 0 Å². The van der Waals surface area contributed by atoms with Crippen LogP contribution < -0.4 is 15.8 Å². The molecule has 19 heavy (non-hydrogen) atoms. The van der Waals surface area contributed by atoms with Crippen LogP contribution in [0.1, 0.15) is 32.5 Å². The number of ether oxygens (including phenoxy) is 2. The molecule has 1 rings (SSSR count). The van der Waals surface area contributed by atoms with Crippen molar-refractivity contribution in [3.63, 3.8) is 0 Å². The van der Waals surface area contributed by atoms with E-state index in [9.17, 15) is 4.79 Å². The van der Waals surface area contributed by atoms with Gasteiger partial charge in [-0.3, -0.25) is 4.98 Å². The second-order valence-electron chi connectivity index (χ2n) is 5.11. The van der Waals surface area contributed by atoms with Gasteiger partial charge in [-0.2, -0.15) is 0 Å². The predicted octanol–water partition coefficient (Wildman–Crippen LogP) is 1.61. The quantitative estimate of drug-likeness (QED) is 0.865. The van der Waals surface area contributed by atoms with Crippen molar-refractivity contribution in [2.45, 2.75) is 32.4 Å². The van der Waals surface area contributed by atoms with Gasteiger partial charge in [0.2, 0.25) is 0 Å². The SMILES string of the molecule is COc1ccnc(C(N)CNC(=O)OC(C)(C)C)c1. The van der Waals surface area contributed by atoms with E-state index in [1.807, 2.05) is 0 Å². The van der Waals surface area contributed by atoms with Crippen molar-refractivity contribution in [3.05, 3.63) is 24.0 Å². The molecule has 6 heteroatoms. The first-order valence-corrected chi connectivity index (χ1v) is 6.04. The van der Waals surface area contributed by atoms with Crippen LogP contribution in [0.15, 0.2) is 18.3 Å². The summed E-state index contributed by atoms with van der Waals surface area (Å²) in [5.41, 5.74) is 6.07. The number of aromatic nitrogens is 1. The van der Waals surface area contributed by atoms with Crippen LogP contribution >= 0.6 is 0 Å². The lowest BCUT2D eigenvalue weighted by molar-refractivity contribution is 0.0524. The highest BCUT2D eigenvalue weighted by molar-refractivity contribution is 5.67. The van der Waals surface area contributed by atoms with Gasteiger partial charge in [-0.25, -0.2) is 4.79 Å². The number of carbonyl (C=O) groups excluding carboxylic acids is 1. The third-order valence-electron chi connectivity index (χ3n) is 2.23. The number of nitrogens with zero attached hydrogens (tertiary/aromatic N) is 1. The Morgan fingerprint density at radius 3 is 2.79 bits per heavy atom. The van der Waals surface area contributed by atoms with Gasteiger partial charge in [0.15, 0.2) is 0 Å². The highest BCUT2D eigenvalue weighted by Crippen LogP contribution is 2.14. The summed E-state index contributed by atoms with van der Waals surface area (Å²) in [6.07, 6.45) is 1.12. The second kappa shape index (κ2) is 6.38. The lowest BCUT2D eigenvalue weighted by atomic mass is 10.2. The van der Waals surface area contributed by atoms with Gasteiger partial charge >= 0.3 is 6.09 Å². The van der Waals surface area contributed by atoms with E-state index in [0.29, 0.717) is 11.4 Å². The van der Waals surface area contributed by atoms with Crippen molar-refractivity contribution in [1.29, 1.82) is 0 Å². The summed E-state index contributed by atoms with van der Waals surface area (Å²) < 4.78 is 10.2. The third kappa shape index (κ3) is 5.56. The fraction of sp³-hybridized carbons (Fsp3) is 0.538. The predicted molar refractivity (Wildman–Crippen MR) is 72.0 cm³/mol. The van der Waals surface area contributed by atoms with Crippen LogP contribution in [0.4, 0.5) is 4.79 Å². The van der Waals surface area contributed by atoms with Crippen LogP contribution in [0.2, 0.25) is 0 Å². The van der Waals surface area contributed by atoms with Gasteiger partial charge < -0.3 is 20.5 Å². The largest absolute Gasteiger partial charge is 0.497 e. The van der Waals surface area contributed by atoms with Crippen molar-refractivity contribution >= 4 is 6.09 Å². The van der Waals surface area contributed by atoms with Gasteiger partial charge in [-0.15, -0.1) is 0 Å². The van der Waals surface area contributed by atoms with Gasteiger partial charge in [-0.05, 0) is 26.8 Å². The lowest BCUT2D eigenvalue weighted by Gasteiger charge is -2.20. The maximum absolute atomic E-state index is 11.5. The smallest absolute Gasteiger partial charge is 0.407 e. The number of pyridine rings is 1. The molecule has 0 saturated heterocycles. The first-order chi connectivity index (χ1) is 8.81. The summed E-state index contributed by atoms with van der Waals surface area (Å²) in [6, 6.07) is 3.06. The number of hydrogen-bond donors (Lipinski definition) is 2. The molecule has 1 heterocycles. The lowest BCUT2D eigenvalue weighted by Crippen LogP contribution is -2.36. The van der Waals surface area contributed by atoms with Crippen molar-refractivity contribution in [2.24, 2.45) is 5.73 Å². The fourth-order valence-electron chi connectivity index (χ4n) is 1.37. The number of carbonyl (C=O) groups is 1. The Balaban J connectivity index is 2.51. The molecule has 1 amide bonds.